The number of aryl methyl sites for hydroxylation is 2. The van der Waals surface area contributed by atoms with Crippen LogP contribution in [0.2, 0.25) is 10.0 Å². The molecule has 0 aromatic heterocycles. The predicted octanol–water partition coefficient (Wildman–Crippen LogP) is 4.36. The lowest BCUT2D eigenvalue weighted by molar-refractivity contribution is 0.547. The summed E-state index contributed by atoms with van der Waals surface area (Å²) >= 11 is 12.3. The van der Waals surface area contributed by atoms with Crippen LogP contribution < -0.4 is 11.3 Å². The molecule has 3 N–H and O–H groups in total. The first-order chi connectivity index (χ1) is 9.54. The Hall–Kier alpha value is -1.06. The molecule has 106 valence electrons. The van der Waals surface area contributed by atoms with Crippen molar-refractivity contribution >= 4 is 23.2 Å². The normalized spacial score (nSPS) is 12.4. The molecule has 0 heterocycles. The number of hydrogen-bond acceptors (Lipinski definition) is 2. The van der Waals surface area contributed by atoms with Gasteiger partial charge in [0.2, 0.25) is 0 Å². The van der Waals surface area contributed by atoms with Crippen molar-refractivity contribution in [3.63, 3.8) is 0 Å². The first-order valence-electron chi connectivity index (χ1n) is 6.49. The largest absolute Gasteiger partial charge is 0.271 e. The molecule has 0 saturated carbocycles. The summed E-state index contributed by atoms with van der Waals surface area (Å²) in [7, 11) is 0. The molecule has 0 aliphatic rings. The Morgan fingerprint density at radius 3 is 2.25 bits per heavy atom. The monoisotopic (exact) mass is 308 g/mol. The first-order valence-corrected chi connectivity index (χ1v) is 7.25. The molecule has 20 heavy (non-hydrogen) atoms. The third-order valence-electron chi connectivity index (χ3n) is 3.55. The summed E-state index contributed by atoms with van der Waals surface area (Å²) in [5.74, 6) is 5.75. The zero-order valence-corrected chi connectivity index (χ0v) is 13.1. The highest BCUT2D eigenvalue weighted by atomic mass is 35.5. The van der Waals surface area contributed by atoms with E-state index in [2.05, 4.69) is 31.4 Å². The van der Waals surface area contributed by atoms with E-state index >= 15 is 0 Å². The van der Waals surface area contributed by atoms with Gasteiger partial charge in [-0.3, -0.25) is 11.3 Å². The third kappa shape index (κ3) is 3.15. The van der Waals surface area contributed by atoms with Gasteiger partial charge in [-0.25, -0.2) is 0 Å². The van der Waals surface area contributed by atoms with Crippen molar-refractivity contribution in [1.29, 1.82) is 0 Å². The van der Waals surface area contributed by atoms with Crippen LogP contribution in [0.3, 0.4) is 0 Å². The Labute approximate surface area is 129 Å². The van der Waals surface area contributed by atoms with Crippen molar-refractivity contribution < 1.29 is 0 Å². The van der Waals surface area contributed by atoms with Crippen LogP contribution in [0, 0.1) is 13.8 Å². The van der Waals surface area contributed by atoms with Crippen molar-refractivity contribution in [1.82, 2.24) is 5.43 Å². The Balaban J connectivity index is 2.37. The molecule has 0 amide bonds. The number of benzene rings is 2. The molecule has 4 heteroatoms. The molecule has 1 unspecified atom stereocenters. The molecule has 1 atom stereocenters. The molecule has 0 spiro atoms. The predicted molar refractivity (Wildman–Crippen MR) is 86.1 cm³/mol. The lowest BCUT2D eigenvalue weighted by atomic mass is 9.92. The van der Waals surface area contributed by atoms with Gasteiger partial charge in [-0.05, 0) is 48.6 Å². The maximum absolute atomic E-state index is 6.26. The highest BCUT2D eigenvalue weighted by molar-refractivity contribution is 6.42. The molecule has 2 aromatic rings. The van der Waals surface area contributed by atoms with Gasteiger partial charge in [0, 0.05) is 0 Å². The summed E-state index contributed by atoms with van der Waals surface area (Å²) < 4.78 is 0. The Kier molecular flexibility index (Phi) is 5.06. The number of halogens is 2. The molecule has 0 saturated heterocycles. The summed E-state index contributed by atoms with van der Waals surface area (Å²) in [6, 6.07) is 11.9. The van der Waals surface area contributed by atoms with Crippen LogP contribution in [-0.2, 0) is 6.42 Å². The van der Waals surface area contributed by atoms with E-state index in [0.717, 1.165) is 5.56 Å². The molecule has 0 aliphatic heterocycles. The Morgan fingerprint density at radius 1 is 1.05 bits per heavy atom. The van der Waals surface area contributed by atoms with Crippen molar-refractivity contribution in [2.24, 2.45) is 5.84 Å². The number of rotatable bonds is 4. The number of hydrazine groups is 1. The molecule has 0 bridgehead atoms. The maximum Gasteiger partial charge on any atom is 0.0624 e. The van der Waals surface area contributed by atoms with Crippen LogP contribution in [0.5, 0.6) is 0 Å². The molecule has 2 nitrogen and oxygen atoms in total. The van der Waals surface area contributed by atoms with Crippen molar-refractivity contribution in [3.05, 3.63) is 68.7 Å². The highest BCUT2D eigenvalue weighted by Crippen LogP contribution is 2.30. The standard InChI is InChI=1S/C16H18Cl2N2/c1-10-5-3-6-11(2)15(10)14(20-19)9-12-7-4-8-13(17)16(12)18/h3-8,14,20H,9,19H2,1-2H3. The SMILES string of the molecule is Cc1cccc(C)c1C(Cc1cccc(Cl)c1Cl)NN. The number of nitrogens with two attached hydrogens (primary N) is 1. The first kappa shape index (κ1) is 15.3. The molecular formula is C16H18Cl2N2. The van der Waals surface area contributed by atoms with Gasteiger partial charge in [0.05, 0.1) is 16.1 Å². The summed E-state index contributed by atoms with van der Waals surface area (Å²) in [6.07, 6.45) is 0.696. The average molecular weight is 309 g/mol. The Morgan fingerprint density at radius 2 is 1.65 bits per heavy atom. The molecule has 0 fully saturated rings. The molecule has 2 rings (SSSR count). The Bertz CT molecular complexity index is 591. The van der Waals surface area contributed by atoms with E-state index in [1.54, 1.807) is 6.07 Å². The van der Waals surface area contributed by atoms with Crippen LogP contribution in [-0.4, -0.2) is 0 Å². The van der Waals surface area contributed by atoms with E-state index < -0.39 is 0 Å². The fourth-order valence-corrected chi connectivity index (χ4v) is 2.94. The highest BCUT2D eigenvalue weighted by Gasteiger charge is 2.17. The average Bonchev–Trinajstić information content (AvgIpc) is 2.42. The summed E-state index contributed by atoms with van der Waals surface area (Å²) in [4.78, 5) is 0. The minimum atomic E-state index is 0.00664. The molecule has 2 aromatic carbocycles. The van der Waals surface area contributed by atoms with Crippen LogP contribution in [0.1, 0.15) is 28.3 Å². The third-order valence-corrected chi connectivity index (χ3v) is 4.41. The number of hydrogen-bond donors (Lipinski definition) is 2. The van der Waals surface area contributed by atoms with Gasteiger partial charge in [0.25, 0.3) is 0 Å². The van der Waals surface area contributed by atoms with Crippen molar-refractivity contribution in [2.45, 2.75) is 26.3 Å². The second-order valence-electron chi connectivity index (χ2n) is 4.94. The van der Waals surface area contributed by atoms with E-state index in [4.69, 9.17) is 29.0 Å². The summed E-state index contributed by atoms with van der Waals surface area (Å²) in [5.41, 5.74) is 7.53. The quantitative estimate of drug-likeness (QED) is 0.650. The van der Waals surface area contributed by atoms with E-state index in [1.807, 2.05) is 18.2 Å². The summed E-state index contributed by atoms with van der Waals surface area (Å²) in [6.45, 7) is 4.18. The fraction of sp³-hybridized carbons (Fsp3) is 0.250. The molecule has 0 radical (unpaired) electrons. The van der Waals surface area contributed by atoms with Gasteiger partial charge in [-0.1, -0.05) is 53.5 Å². The zero-order valence-electron chi connectivity index (χ0n) is 11.6. The van der Waals surface area contributed by atoms with Crippen LogP contribution in [0.15, 0.2) is 36.4 Å². The summed E-state index contributed by atoms with van der Waals surface area (Å²) in [5, 5.41) is 1.17. The van der Waals surface area contributed by atoms with Gasteiger partial charge in [0.15, 0.2) is 0 Å². The fourth-order valence-electron chi connectivity index (χ4n) is 2.55. The van der Waals surface area contributed by atoms with Gasteiger partial charge in [0.1, 0.15) is 0 Å². The van der Waals surface area contributed by atoms with E-state index in [9.17, 15) is 0 Å². The molecule has 0 aliphatic carbocycles. The number of nitrogens with one attached hydrogen (secondary N) is 1. The van der Waals surface area contributed by atoms with Crippen LogP contribution >= 0.6 is 23.2 Å². The second-order valence-corrected chi connectivity index (χ2v) is 5.73. The maximum atomic E-state index is 6.26. The van der Waals surface area contributed by atoms with Gasteiger partial charge < -0.3 is 0 Å². The minimum Gasteiger partial charge on any atom is -0.271 e. The zero-order chi connectivity index (χ0) is 14.7. The second kappa shape index (κ2) is 6.59. The smallest absolute Gasteiger partial charge is 0.0624 e. The van der Waals surface area contributed by atoms with Crippen LogP contribution in [0.4, 0.5) is 0 Å². The van der Waals surface area contributed by atoms with Gasteiger partial charge in [-0.15, -0.1) is 0 Å². The van der Waals surface area contributed by atoms with Crippen molar-refractivity contribution in [2.75, 3.05) is 0 Å². The van der Waals surface area contributed by atoms with Gasteiger partial charge >= 0.3 is 0 Å². The molecular weight excluding hydrogens is 291 g/mol. The topological polar surface area (TPSA) is 38.0 Å². The lowest BCUT2D eigenvalue weighted by Crippen LogP contribution is -2.30. The van der Waals surface area contributed by atoms with Crippen molar-refractivity contribution in [3.8, 4) is 0 Å². The van der Waals surface area contributed by atoms with E-state index in [-0.39, 0.29) is 6.04 Å². The van der Waals surface area contributed by atoms with E-state index in [1.165, 1.54) is 16.7 Å². The van der Waals surface area contributed by atoms with Gasteiger partial charge in [-0.2, -0.15) is 0 Å². The van der Waals surface area contributed by atoms with Crippen LogP contribution in [0.25, 0.3) is 0 Å². The minimum absolute atomic E-state index is 0.00664. The van der Waals surface area contributed by atoms with E-state index in [0.29, 0.717) is 16.5 Å². The lowest BCUT2D eigenvalue weighted by Gasteiger charge is -2.21.